The molecule has 94 valence electrons. The zero-order valence-electron chi connectivity index (χ0n) is 9.63. The molecule has 0 bridgehead atoms. The number of hydrogen-bond acceptors (Lipinski definition) is 3. The predicted octanol–water partition coefficient (Wildman–Crippen LogP) is 3.02. The molecule has 0 aliphatic rings. The highest BCUT2D eigenvalue weighted by Gasteiger charge is 2.18. The van der Waals surface area contributed by atoms with Gasteiger partial charge in [0.15, 0.2) is 0 Å². The molecule has 0 saturated carbocycles. The standard InChI is InChI=1S/C13H11FO3S/c1-17-11-7-8-13(18(14,15)16)12(9-11)10-5-3-2-4-6-10/h2-9H,1H3. The fourth-order valence-corrected chi connectivity index (χ4v) is 2.36. The van der Waals surface area contributed by atoms with Crippen LogP contribution in [0.2, 0.25) is 0 Å². The molecule has 0 fully saturated rings. The van der Waals surface area contributed by atoms with E-state index < -0.39 is 10.2 Å². The summed E-state index contributed by atoms with van der Waals surface area (Å²) in [6.45, 7) is 0. The molecule has 0 amide bonds. The normalized spacial score (nSPS) is 11.2. The Kier molecular flexibility index (Phi) is 3.34. The quantitative estimate of drug-likeness (QED) is 0.802. The van der Waals surface area contributed by atoms with Crippen LogP contribution in [-0.4, -0.2) is 15.5 Å². The van der Waals surface area contributed by atoms with Gasteiger partial charge in [-0.25, -0.2) is 0 Å². The van der Waals surface area contributed by atoms with Crippen molar-refractivity contribution in [2.75, 3.05) is 7.11 Å². The molecule has 0 unspecified atom stereocenters. The van der Waals surface area contributed by atoms with Crippen molar-refractivity contribution in [2.24, 2.45) is 0 Å². The highest BCUT2D eigenvalue weighted by molar-refractivity contribution is 7.86. The van der Waals surface area contributed by atoms with Crippen LogP contribution < -0.4 is 4.74 Å². The summed E-state index contributed by atoms with van der Waals surface area (Å²) in [5, 5.41) is 0. The molecule has 2 aromatic carbocycles. The molecule has 2 rings (SSSR count). The largest absolute Gasteiger partial charge is 0.497 e. The van der Waals surface area contributed by atoms with E-state index in [0.717, 1.165) is 0 Å². The Morgan fingerprint density at radius 3 is 2.28 bits per heavy atom. The van der Waals surface area contributed by atoms with Gasteiger partial charge in [-0.05, 0) is 23.8 Å². The minimum atomic E-state index is -4.76. The molecule has 5 heteroatoms. The van der Waals surface area contributed by atoms with Crippen molar-refractivity contribution < 1.29 is 17.0 Å². The van der Waals surface area contributed by atoms with E-state index in [0.29, 0.717) is 11.3 Å². The average molecular weight is 266 g/mol. The van der Waals surface area contributed by atoms with Crippen molar-refractivity contribution >= 4 is 10.2 Å². The Morgan fingerprint density at radius 1 is 1.06 bits per heavy atom. The van der Waals surface area contributed by atoms with Crippen LogP contribution in [0.3, 0.4) is 0 Å². The van der Waals surface area contributed by atoms with E-state index in [1.807, 2.05) is 0 Å². The van der Waals surface area contributed by atoms with Gasteiger partial charge in [-0.15, -0.1) is 3.89 Å². The first-order chi connectivity index (χ1) is 8.52. The number of hydrogen-bond donors (Lipinski definition) is 0. The molecular formula is C13H11FO3S. The van der Waals surface area contributed by atoms with Crippen LogP contribution >= 0.6 is 0 Å². The zero-order chi connectivity index (χ0) is 13.2. The van der Waals surface area contributed by atoms with E-state index in [-0.39, 0.29) is 10.5 Å². The zero-order valence-corrected chi connectivity index (χ0v) is 10.4. The smallest absolute Gasteiger partial charge is 0.332 e. The van der Waals surface area contributed by atoms with Gasteiger partial charge in [0.1, 0.15) is 10.6 Å². The highest BCUT2D eigenvalue weighted by Crippen LogP contribution is 2.31. The first-order valence-electron chi connectivity index (χ1n) is 5.20. The van der Waals surface area contributed by atoms with E-state index in [2.05, 4.69) is 0 Å². The van der Waals surface area contributed by atoms with E-state index in [4.69, 9.17) is 4.74 Å². The van der Waals surface area contributed by atoms with Gasteiger partial charge in [-0.1, -0.05) is 30.3 Å². The number of rotatable bonds is 3. The minimum Gasteiger partial charge on any atom is -0.497 e. The Balaban J connectivity index is 2.70. The fourth-order valence-electron chi connectivity index (χ4n) is 1.69. The third-order valence-electron chi connectivity index (χ3n) is 2.53. The SMILES string of the molecule is COc1ccc(S(=O)(=O)F)c(-c2ccccc2)c1. The topological polar surface area (TPSA) is 43.4 Å². The molecule has 18 heavy (non-hydrogen) atoms. The van der Waals surface area contributed by atoms with Crippen molar-refractivity contribution in [1.29, 1.82) is 0 Å². The highest BCUT2D eigenvalue weighted by atomic mass is 32.3. The number of methoxy groups -OCH3 is 1. The average Bonchev–Trinajstić information content (AvgIpc) is 2.38. The van der Waals surface area contributed by atoms with Gasteiger partial charge in [0.25, 0.3) is 0 Å². The summed E-state index contributed by atoms with van der Waals surface area (Å²) >= 11 is 0. The van der Waals surface area contributed by atoms with Crippen molar-refractivity contribution in [1.82, 2.24) is 0 Å². The second kappa shape index (κ2) is 4.78. The maximum absolute atomic E-state index is 13.2. The molecule has 0 aliphatic carbocycles. The molecule has 0 spiro atoms. The summed E-state index contributed by atoms with van der Waals surface area (Å²) in [6, 6.07) is 12.9. The van der Waals surface area contributed by atoms with E-state index >= 15 is 0 Å². The van der Waals surface area contributed by atoms with Gasteiger partial charge >= 0.3 is 10.2 Å². The monoisotopic (exact) mass is 266 g/mol. The lowest BCUT2D eigenvalue weighted by atomic mass is 10.1. The molecule has 0 radical (unpaired) electrons. The van der Waals surface area contributed by atoms with Crippen molar-refractivity contribution in [2.45, 2.75) is 4.90 Å². The number of ether oxygens (including phenoxy) is 1. The van der Waals surface area contributed by atoms with Crippen LogP contribution in [0.4, 0.5) is 3.89 Å². The van der Waals surface area contributed by atoms with Gasteiger partial charge in [0.2, 0.25) is 0 Å². The summed E-state index contributed by atoms with van der Waals surface area (Å²) in [5.41, 5.74) is 0.907. The molecule has 0 N–H and O–H groups in total. The van der Waals surface area contributed by atoms with E-state index in [1.54, 1.807) is 30.3 Å². The summed E-state index contributed by atoms with van der Waals surface area (Å²) in [7, 11) is -3.30. The van der Waals surface area contributed by atoms with Crippen molar-refractivity contribution in [3.05, 3.63) is 48.5 Å². The second-order valence-corrected chi connectivity index (χ2v) is 4.98. The van der Waals surface area contributed by atoms with E-state index in [1.165, 1.54) is 25.3 Å². The van der Waals surface area contributed by atoms with Gasteiger partial charge < -0.3 is 4.74 Å². The number of halogens is 1. The van der Waals surface area contributed by atoms with Gasteiger partial charge in [0.05, 0.1) is 7.11 Å². The summed E-state index contributed by atoms with van der Waals surface area (Å²) in [4.78, 5) is -0.352. The van der Waals surface area contributed by atoms with E-state index in [9.17, 15) is 12.3 Å². The summed E-state index contributed by atoms with van der Waals surface area (Å²) in [6.07, 6.45) is 0. The Hall–Kier alpha value is -1.88. The Labute approximate surface area is 105 Å². The summed E-state index contributed by atoms with van der Waals surface area (Å²) in [5.74, 6) is 0.473. The third-order valence-corrected chi connectivity index (χ3v) is 3.42. The van der Waals surface area contributed by atoms with Crippen LogP contribution in [0.1, 0.15) is 0 Å². The Bertz CT molecular complexity index is 651. The first-order valence-corrected chi connectivity index (χ1v) is 6.59. The minimum absolute atomic E-state index is 0.289. The van der Waals surface area contributed by atoms with Crippen molar-refractivity contribution in [3.63, 3.8) is 0 Å². The number of benzene rings is 2. The van der Waals surface area contributed by atoms with Gasteiger partial charge in [0, 0.05) is 5.56 Å². The molecule has 2 aromatic rings. The lowest BCUT2D eigenvalue weighted by Crippen LogP contribution is -1.96. The molecule has 0 heterocycles. The molecule has 0 aliphatic heterocycles. The maximum atomic E-state index is 13.2. The lowest BCUT2D eigenvalue weighted by Gasteiger charge is -2.08. The summed E-state index contributed by atoms with van der Waals surface area (Å²) < 4.78 is 40.5. The molecule has 0 atom stereocenters. The van der Waals surface area contributed by atoms with Crippen LogP contribution in [0.15, 0.2) is 53.4 Å². The second-order valence-electron chi connectivity index (χ2n) is 3.67. The van der Waals surface area contributed by atoms with Gasteiger partial charge in [-0.2, -0.15) is 8.42 Å². The predicted molar refractivity (Wildman–Crippen MR) is 66.7 cm³/mol. The molecule has 3 nitrogen and oxygen atoms in total. The van der Waals surface area contributed by atoms with Crippen LogP contribution in [0, 0.1) is 0 Å². The lowest BCUT2D eigenvalue weighted by molar-refractivity contribution is 0.414. The molecular weight excluding hydrogens is 255 g/mol. The fraction of sp³-hybridized carbons (Fsp3) is 0.0769. The van der Waals surface area contributed by atoms with Gasteiger partial charge in [-0.3, -0.25) is 0 Å². The van der Waals surface area contributed by atoms with Crippen LogP contribution in [0.25, 0.3) is 11.1 Å². The first kappa shape index (κ1) is 12.6. The van der Waals surface area contributed by atoms with Crippen LogP contribution in [-0.2, 0) is 10.2 Å². The molecule has 0 aromatic heterocycles. The van der Waals surface area contributed by atoms with Crippen LogP contribution in [0.5, 0.6) is 5.75 Å². The third kappa shape index (κ3) is 2.51. The Morgan fingerprint density at radius 2 is 1.72 bits per heavy atom. The molecule has 0 saturated heterocycles. The maximum Gasteiger partial charge on any atom is 0.332 e. The van der Waals surface area contributed by atoms with Crippen molar-refractivity contribution in [3.8, 4) is 16.9 Å².